The normalized spacial score (nSPS) is 13.3. The lowest BCUT2D eigenvalue weighted by Gasteiger charge is -2.19. The Labute approximate surface area is 134 Å². The van der Waals surface area contributed by atoms with E-state index in [1.807, 2.05) is 18.7 Å². The van der Waals surface area contributed by atoms with Crippen LogP contribution in [0, 0.1) is 0 Å². The van der Waals surface area contributed by atoms with Gasteiger partial charge < -0.3 is 10.6 Å². The zero-order valence-electron chi connectivity index (χ0n) is 14.0. The van der Waals surface area contributed by atoms with E-state index < -0.39 is 14.6 Å². The molecule has 0 radical (unpaired) electrons. The van der Waals surface area contributed by atoms with Crippen molar-refractivity contribution < 1.29 is 8.42 Å². The molecule has 0 unspecified atom stereocenters. The molecule has 126 valence electrons. The van der Waals surface area contributed by atoms with Gasteiger partial charge in [0, 0.05) is 19.6 Å². The van der Waals surface area contributed by atoms with Crippen LogP contribution in [0.3, 0.4) is 0 Å². The third-order valence-electron chi connectivity index (χ3n) is 2.97. The highest BCUT2D eigenvalue weighted by Crippen LogP contribution is 2.15. The average molecular weight is 338 g/mol. The third-order valence-corrected chi connectivity index (χ3v) is 6.27. The summed E-state index contributed by atoms with van der Waals surface area (Å²) in [5.74, 6) is 1.97. The number of unbranched alkanes of at least 4 members (excludes halogenated alkanes) is 1. The van der Waals surface area contributed by atoms with Gasteiger partial charge in [0.2, 0.25) is 0 Å². The molecule has 0 atom stereocenters. The first kappa shape index (κ1) is 20.6. The number of aliphatic imine (C=N–C) groups is 1. The summed E-state index contributed by atoms with van der Waals surface area (Å²) in [4.78, 5) is 4.46. The average Bonchev–Trinajstić information content (AvgIpc) is 2.37. The molecule has 0 aromatic heterocycles. The van der Waals surface area contributed by atoms with Crippen molar-refractivity contribution in [3.8, 4) is 0 Å². The largest absolute Gasteiger partial charge is 0.357 e. The summed E-state index contributed by atoms with van der Waals surface area (Å²) in [7, 11) is -3.09. The number of thioether (sulfide) groups is 1. The van der Waals surface area contributed by atoms with Crippen LogP contribution in [0.1, 0.15) is 40.5 Å². The standard InChI is InChI=1S/C14H31N3O2S2/c1-6-15-13(16-9-7-8-11-20-5)17-10-12-21(18,19)14(2,3)4/h6-12H2,1-5H3,(H2,15,16,17). The maximum Gasteiger partial charge on any atom is 0.191 e. The molecule has 0 heterocycles. The van der Waals surface area contributed by atoms with Crippen molar-refractivity contribution >= 4 is 27.6 Å². The molecular weight excluding hydrogens is 306 g/mol. The summed E-state index contributed by atoms with van der Waals surface area (Å²) < 4.78 is 23.3. The van der Waals surface area contributed by atoms with Crippen LogP contribution in [-0.2, 0) is 9.84 Å². The summed E-state index contributed by atoms with van der Waals surface area (Å²) in [6.45, 7) is 9.10. The van der Waals surface area contributed by atoms with Crippen molar-refractivity contribution in [3.63, 3.8) is 0 Å². The Balaban J connectivity index is 4.24. The van der Waals surface area contributed by atoms with Crippen molar-refractivity contribution in [1.82, 2.24) is 10.6 Å². The number of hydrogen-bond donors (Lipinski definition) is 2. The van der Waals surface area contributed by atoms with E-state index in [1.54, 1.807) is 20.8 Å². The molecule has 21 heavy (non-hydrogen) atoms. The van der Waals surface area contributed by atoms with Crippen LogP contribution in [0.25, 0.3) is 0 Å². The van der Waals surface area contributed by atoms with Gasteiger partial charge in [-0.05, 0) is 52.5 Å². The fraction of sp³-hybridized carbons (Fsp3) is 0.929. The lowest BCUT2D eigenvalue weighted by atomic mass is 10.3. The lowest BCUT2D eigenvalue weighted by Crippen LogP contribution is -2.41. The van der Waals surface area contributed by atoms with Gasteiger partial charge in [-0.15, -0.1) is 0 Å². The van der Waals surface area contributed by atoms with Crippen molar-refractivity contribution in [1.29, 1.82) is 0 Å². The minimum atomic E-state index is -3.09. The van der Waals surface area contributed by atoms with E-state index in [9.17, 15) is 8.42 Å². The summed E-state index contributed by atoms with van der Waals surface area (Å²) in [6.07, 6.45) is 4.31. The van der Waals surface area contributed by atoms with E-state index in [4.69, 9.17) is 0 Å². The molecule has 0 bridgehead atoms. The predicted molar refractivity (Wildman–Crippen MR) is 95.1 cm³/mol. The monoisotopic (exact) mass is 337 g/mol. The van der Waals surface area contributed by atoms with Gasteiger partial charge in [-0.25, -0.2) is 8.42 Å². The molecule has 0 amide bonds. The molecule has 0 spiro atoms. The number of sulfone groups is 1. The highest BCUT2D eigenvalue weighted by molar-refractivity contribution is 7.98. The topological polar surface area (TPSA) is 70.6 Å². The lowest BCUT2D eigenvalue weighted by molar-refractivity contribution is 0.559. The predicted octanol–water partition coefficient (Wildman–Crippen LogP) is 1.90. The van der Waals surface area contributed by atoms with Crippen LogP contribution in [0.2, 0.25) is 0 Å². The SMILES string of the molecule is CCNC(=NCCCCSC)NCCS(=O)(=O)C(C)(C)C. The molecule has 0 fully saturated rings. The molecule has 0 aliphatic rings. The second kappa shape index (κ2) is 10.3. The maximum atomic E-state index is 12.0. The minimum absolute atomic E-state index is 0.118. The van der Waals surface area contributed by atoms with Crippen molar-refractivity contribution in [2.45, 2.75) is 45.3 Å². The summed E-state index contributed by atoms with van der Waals surface area (Å²) in [5, 5.41) is 6.23. The molecule has 0 aromatic carbocycles. The Bertz CT molecular complexity index is 401. The summed E-state index contributed by atoms with van der Waals surface area (Å²) in [5.41, 5.74) is 0. The van der Waals surface area contributed by atoms with Gasteiger partial charge in [0.15, 0.2) is 15.8 Å². The maximum absolute atomic E-state index is 12.0. The molecule has 0 rings (SSSR count). The number of guanidine groups is 1. The van der Waals surface area contributed by atoms with E-state index in [0.29, 0.717) is 12.5 Å². The van der Waals surface area contributed by atoms with Crippen LogP contribution in [-0.4, -0.2) is 56.5 Å². The minimum Gasteiger partial charge on any atom is -0.357 e. The highest BCUT2D eigenvalue weighted by Gasteiger charge is 2.28. The molecule has 0 aliphatic carbocycles. The van der Waals surface area contributed by atoms with Crippen LogP contribution >= 0.6 is 11.8 Å². The van der Waals surface area contributed by atoms with E-state index >= 15 is 0 Å². The van der Waals surface area contributed by atoms with E-state index in [2.05, 4.69) is 21.9 Å². The number of nitrogens with zero attached hydrogens (tertiary/aromatic N) is 1. The first-order chi connectivity index (χ1) is 9.74. The van der Waals surface area contributed by atoms with Crippen molar-refractivity contribution in [2.75, 3.05) is 37.4 Å². The van der Waals surface area contributed by atoms with Gasteiger partial charge in [0.05, 0.1) is 10.5 Å². The molecule has 0 aliphatic heterocycles. The van der Waals surface area contributed by atoms with Gasteiger partial charge in [-0.3, -0.25) is 4.99 Å². The highest BCUT2D eigenvalue weighted by atomic mass is 32.2. The number of rotatable bonds is 9. The van der Waals surface area contributed by atoms with Crippen molar-refractivity contribution in [3.05, 3.63) is 0 Å². The van der Waals surface area contributed by atoms with E-state index in [0.717, 1.165) is 31.7 Å². The van der Waals surface area contributed by atoms with Crippen LogP contribution in [0.5, 0.6) is 0 Å². The zero-order valence-corrected chi connectivity index (χ0v) is 15.7. The van der Waals surface area contributed by atoms with E-state index in [1.165, 1.54) is 0 Å². The Morgan fingerprint density at radius 2 is 1.86 bits per heavy atom. The Hall–Kier alpha value is -0.430. The molecular formula is C14H31N3O2S2. The fourth-order valence-electron chi connectivity index (χ4n) is 1.50. The molecule has 7 heteroatoms. The molecule has 0 aromatic rings. The number of hydrogen-bond acceptors (Lipinski definition) is 4. The number of nitrogens with one attached hydrogen (secondary N) is 2. The van der Waals surface area contributed by atoms with Gasteiger partial charge in [0.1, 0.15) is 0 Å². The second-order valence-electron chi connectivity index (χ2n) is 5.82. The van der Waals surface area contributed by atoms with Gasteiger partial charge >= 0.3 is 0 Å². The van der Waals surface area contributed by atoms with Gasteiger partial charge in [-0.1, -0.05) is 0 Å². The fourth-order valence-corrected chi connectivity index (χ4v) is 2.98. The first-order valence-corrected chi connectivity index (χ1v) is 10.5. The Kier molecular flexibility index (Phi) is 10.1. The van der Waals surface area contributed by atoms with Crippen LogP contribution in [0.15, 0.2) is 4.99 Å². The van der Waals surface area contributed by atoms with Crippen molar-refractivity contribution in [2.24, 2.45) is 4.99 Å². The molecule has 5 nitrogen and oxygen atoms in total. The summed E-state index contributed by atoms with van der Waals surface area (Å²) in [6, 6.07) is 0. The quantitative estimate of drug-likeness (QED) is 0.382. The Morgan fingerprint density at radius 1 is 1.19 bits per heavy atom. The summed E-state index contributed by atoms with van der Waals surface area (Å²) >= 11 is 1.84. The molecule has 0 saturated carbocycles. The smallest absolute Gasteiger partial charge is 0.191 e. The first-order valence-electron chi connectivity index (χ1n) is 7.48. The second-order valence-corrected chi connectivity index (χ2v) is 9.67. The van der Waals surface area contributed by atoms with Gasteiger partial charge in [-0.2, -0.15) is 11.8 Å². The third kappa shape index (κ3) is 9.24. The Morgan fingerprint density at radius 3 is 2.38 bits per heavy atom. The van der Waals surface area contributed by atoms with Gasteiger partial charge in [0.25, 0.3) is 0 Å². The van der Waals surface area contributed by atoms with E-state index in [-0.39, 0.29) is 5.75 Å². The zero-order chi connectivity index (χ0) is 16.4. The molecule has 0 saturated heterocycles. The van der Waals surface area contributed by atoms with Crippen LogP contribution in [0.4, 0.5) is 0 Å². The van der Waals surface area contributed by atoms with Crippen LogP contribution < -0.4 is 10.6 Å². The molecule has 2 N–H and O–H groups in total.